The zero-order chi connectivity index (χ0) is 15.4. The number of fused-ring (bicyclic) bond motifs is 1. The molecule has 3 N–H and O–H groups in total. The van der Waals surface area contributed by atoms with E-state index < -0.39 is 0 Å². The van der Waals surface area contributed by atoms with Crippen molar-refractivity contribution in [2.75, 3.05) is 18.4 Å². The van der Waals surface area contributed by atoms with Crippen molar-refractivity contribution in [3.63, 3.8) is 0 Å². The third-order valence-corrected chi connectivity index (χ3v) is 3.41. The predicted octanol–water partition coefficient (Wildman–Crippen LogP) is 3.20. The average Bonchev–Trinajstić information content (AvgIpc) is 2.55. The number of aromatic nitrogens is 2. The quantitative estimate of drug-likeness (QED) is 0.710. The summed E-state index contributed by atoms with van der Waals surface area (Å²) in [6.45, 7) is 1.38. The van der Waals surface area contributed by atoms with Crippen molar-refractivity contribution in [1.29, 1.82) is 0 Å². The van der Waals surface area contributed by atoms with Crippen LogP contribution in [0.15, 0.2) is 48.7 Å². The minimum Gasteiger partial charge on any atom is -0.369 e. The summed E-state index contributed by atoms with van der Waals surface area (Å²) >= 11 is 0. The Bertz CT molecular complexity index is 771. The van der Waals surface area contributed by atoms with Crippen LogP contribution < -0.4 is 11.1 Å². The van der Waals surface area contributed by atoms with E-state index in [2.05, 4.69) is 15.3 Å². The van der Waals surface area contributed by atoms with Crippen molar-refractivity contribution in [2.45, 2.75) is 6.42 Å². The molecule has 0 aliphatic heterocycles. The number of nitrogens with one attached hydrogen (secondary N) is 1. The molecule has 5 heteroatoms. The van der Waals surface area contributed by atoms with Gasteiger partial charge in [-0.15, -0.1) is 0 Å². The van der Waals surface area contributed by atoms with Crippen molar-refractivity contribution in [3.05, 3.63) is 54.5 Å². The van der Waals surface area contributed by atoms with Gasteiger partial charge in [0.25, 0.3) is 0 Å². The molecule has 3 rings (SSSR count). The molecule has 0 unspecified atom stereocenters. The Morgan fingerprint density at radius 2 is 1.95 bits per heavy atom. The molecule has 4 nitrogen and oxygen atoms in total. The summed E-state index contributed by atoms with van der Waals surface area (Å²) in [4.78, 5) is 9.05. The molecule has 0 aliphatic carbocycles. The molecule has 0 bridgehead atoms. The van der Waals surface area contributed by atoms with Crippen molar-refractivity contribution < 1.29 is 4.39 Å². The smallest absolute Gasteiger partial charge is 0.136 e. The second kappa shape index (κ2) is 6.49. The van der Waals surface area contributed by atoms with Crippen molar-refractivity contribution in [2.24, 2.45) is 5.73 Å². The van der Waals surface area contributed by atoms with Crippen molar-refractivity contribution >= 4 is 16.7 Å². The van der Waals surface area contributed by atoms with Crippen LogP contribution >= 0.6 is 0 Å². The van der Waals surface area contributed by atoms with E-state index in [0.717, 1.165) is 40.9 Å². The molecular formula is C17H17FN4. The fourth-order valence-electron chi connectivity index (χ4n) is 2.29. The van der Waals surface area contributed by atoms with Crippen LogP contribution in [0.2, 0.25) is 0 Å². The lowest BCUT2D eigenvalue weighted by Crippen LogP contribution is -2.10. The van der Waals surface area contributed by atoms with Gasteiger partial charge >= 0.3 is 0 Å². The predicted molar refractivity (Wildman–Crippen MR) is 87.1 cm³/mol. The number of benzene rings is 1. The Morgan fingerprint density at radius 3 is 2.73 bits per heavy atom. The highest BCUT2D eigenvalue weighted by atomic mass is 19.1. The van der Waals surface area contributed by atoms with E-state index in [1.807, 2.05) is 18.2 Å². The maximum atomic E-state index is 13.1. The van der Waals surface area contributed by atoms with E-state index in [9.17, 15) is 4.39 Å². The Balaban J connectivity index is 2.05. The van der Waals surface area contributed by atoms with Crippen LogP contribution in [0, 0.1) is 5.82 Å². The zero-order valence-electron chi connectivity index (χ0n) is 12.1. The van der Waals surface area contributed by atoms with E-state index in [4.69, 9.17) is 5.73 Å². The van der Waals surface area contributed by atoms with Gasteiger partial charge < -0.3 is 11.1 Å². The van der Waals surface area contributed by atoms with Crippen LogP contribution in [0.4, 0.5) is 10.2 Å². The molecule has 0 spiro atoms. The third-order valence-electron chi connectivity index (χ3n) is 3.41. The topological polar surface area (TPSA) is 63.8 Å². The lowest BCUT2D eigenvalue weighted by molar-refractivity contribution is 0.628. The standard InChI is InChI=1S/C17H17FN4/c18-13-6-4-12(5-7-13)15-11-16-14(3-1-9-20-16)17(22-15)21-10-2-8-19/h1,3-7,9,11H,2,8,10,19H2,(H,21,22). The maximum Gasteiger partial charge on any atom is 0.136 e. The molecule has 0 radical (unpaired) electrons. The first-order valence-electron chi connectivity index (χ1n) is 7.23. The largest absolute Gasteiger partial charge is 0.369 e. The van der Waals surface area contributed by atoms with Gasteiger partial charge in [-0.1, -0.05) is 0 Å². The number of halogens is 1. The highest BCUT2D eigenvalue weighted by Crippen LogP contribution is 2.26. The average molecular weight is 296 g/mol. The second-order valence-electron chi connectivity index (χ2n) is 5.00. The van der Waals surface area contributed by atoms with Gasteiger partial charge in [0, 0.05) is 23.7 Å². The SMILES string of the molecule is NCCCNc1nc(-c2ccc(F)cc2)cc2ncccc12. The van der Waals surface area contributed by atoms with E-state index in [1.165, 1.54) is 12.1 Å². The summed E-state index contributed by atoms with van der Waals surface area (Å²) in [5, 5.41) is 4.27. The first-order valence-corrected chi connectivity index (χ1v) is 7.23. The molecule has 112 valence electrons. The van der Waals surface area contributed by atoms with Crippen LogP contribution in [-0.2, 0) is 0 Å². The number of hydrogen-bond acceptors (Lipinski definition) is 4. The minimum absolute atomic E-state index is 0.260. The normalized spacial score (nSPS) is 10.8. The van der Waals surface area contributed by atoms with Crippen LogP contribution in [-0.4, -0.2) is 23.1 Å². The summed E-state index contributed by atoms with van der Waals surface area (Å²) in [6, 6.07) is 12.1. The van der Waals surface area contributed by atoms with E-state index in [1.54, 1.807) is 18.3 Å². The third kappa shape index (κ3) is 3.04. The van der Waals surface area contributed by atoms with Gasteiger partial charge in [-0.2, -0.15) is 0 Å². The monoisotopic (exact) mass is 296 g/mol. The van der Waals surface area contributed by atoms with Crippen molar-refractivity contribution in [3.8, 4) is 11.3 Å². The van der Waals surface area contributed by atoms with Gasteiger partial charge in [-0.05, 0) is 55.4 Å². The number of nitrogens with zero attached hydrogens (tertiary/aromatic N) is 2. The molecule has 2 aromatic heterocycles. The Kier molecular flexibility index (Phi) is 4.25. The fraction of sp³-hybridized carbons (Fsp3) is 0.176. The summed E-state index contributed by atoms with van der Waals surface area (Å²) in [7, 11) is 0. The van der Waals surface area contributed by atoms with Crippen LogP contribution in [0.5, 0.6) is 0 Å². The number of hydrogen-bond donors (Lipinski definition) is 2. The van der Waals surface area contributed by atoms with Gasteiger partial charge in [0.2, 0.25) is 0 Å². The van der Waals surface area contributed by atoms with Crippen molar-refractivity contribution in [1.82, 2.24) is 9.97 Å². The molecule has 1 aromatic carbocycles. The second-order valence-corrected chi connectivity index (χ2v) is 5.00. The number of nitrogens with two attached hydrogens (primary N) is 1. The molecule has 0 saturated heterocycles. The van der Waals surface area contributed by atoms with E-state index in [0.29, 0.717) is 6.54 Å². The lowest BCUT2D eigenvalue weighted by atomic mass is 10.1. The Hall–Kier alpha value is -2.53. The number of pyridine rings is 2. The number of rotatable bonds is 5. The molecule has 0 saturated carbocycles. The molecule has 3 aromatic rings. The molecule has 2 heterocycles. The van der Waals surface area contributed by atoms with Gasteiger partial charge in [0.05, 0.1) is 11.2 Å². The molecule has 22 heavy (non-hydrogen) atoms. The van der Waals surface area contributed by atoms with Crippen LogP contribution in [0.3, 0.4) is 0 Å². The molecule has 0 amide bonds. The fourth-order valence-corrected chi connectivity index (χ4v) is 2.29. The summed E-state index contributed by atoms with van der Waals surface area (Å²) in [5.74, 6) is 0.516. The van der Waals surface area contributed by atoms with Gasteiger partial charge in [0.15, 0.2) is 0 Å². The van der Waals surface area contributed by atoms with Crippen LogP contribution in [0.1, 0.15) is 6.42 Å². The van der Waals surface area contributed by atoms with Crippen LogP contribution in [0.25, 0.3) is 22.2 Å². The van der Waals surface area contributed by atoms with E-state index in [-0.39, 0.29) is 5.82 Å². The first-order chi connectivity index (χ1) is 10.8. The number of anilines is 1. The first kappa shape index (κ1) is 14.4. The maximum absolute atomic E-state index is 13.1. The lowest BCUT2D eigenvalue weighted by Gasteiger charge is -2.11. The zero-order valence-corrected chi connectivity index (χ0v) is 12.1. The van der Waals surface area contributed by atoms with Gasteiger partial charge in [-0.3, -0.25) is 4.98 Å². The Labute approximate surface area is 128 Å². The van der Waals surface area contributed by atoms with Gasteiger partial charge in [-0.25, -0.2) is 9.37 Å². The van der Waals surface area contributed by atoms with E-state index >= 15 is 0 Å². The molecule has 0 aliphatic rings. The minimum atomic E-state index is -0.260. The Morgan fingerprint density at radius 1 is 1.14 bits per heavy atom. The highest BCUT2D eigenvalue weighted by Gasteiger charge is 2.08. The molecule has 0 atom stereocenters. The summed E-state index contributed by atoms with van der Waals surface area (Å²) in [5.41, 5.74) is 8.01. The molecule has 0 fully saturated rings. The molecular weight excluding hydrogens is 279 g/mol. The highest BCUT2D eigenvalue weighted by molar-refractivity contribution is 5.91. The summed E-state index contributed by atoms with van der Waals surface area (Å²) < 4.78 is 13.1. The summed E-state index contributed by atoms with van der Waals surface area (Å²) in [6.07, 6.45) is 2.62. The van der Waals surface area contributed by atoms with Gasteiger partial charge in [0.1, 0.15) is 11.6 Å².